The highest BCUT2D eigenvalue weighted by atomic mass is 19.4. The molecule has 5 nitrogen and oxygen atoms in total. The second kappa shape index (κ2) is 5.54. The lowest BCUT2D eigenvalue weighted by Gasteiger charge is -2.09. The minimum atomic E-state index is -4.43. The Morgan fingerprint density at radius 2 is 2.00 bits per heavy atom. The topological polar surface area (TPSA) is 76.8 Å². The van der Waals surface area contributed by atoms with Gasteiger partial charge in [-0.15, -0.1) is 0 Å². The summed E-state index contributed by atoms with van der Waals surface area (Å²) in [5, 5.41) is 0. The molecular weight excluding hydrogens is 309 g/mol. The number of pyridine rings is 1. The number of benzene rings is 1. The zero-order valence-electron chi connectivity index (χ0n) is 12.1. The van der Waals surface area contributed by atoms with Gasteiger partial charge in [-0.2, -0.15) is 13.2 Å². The van der Waals surface area contributed by atoms with Crippen LogP contribution < -0.4 is 10.5 Å². The van der Waals surface area contributed by atoms with Gasteiger partial charge >= 0.3 is 6.18 Å². The summed E-state index contributed by atoms with van der Waals surface area (Å²) in [4.78, 5) is 11.1. The van der Waals surface area contributed by atoms with E-state index in [0.717, 1.165) is 17.8 Å². The predicted octanol–water partition coefficient (Wildman–Crippen LogP) is 3.54. The number of ether oxygens (including phenoxy) is 1. The zero-order valence-corrected chi connectivity index (χ0v) is 12.1. The summed E-state index contributed by atoms with van der Waals surface area (Å²) in [6.07, 6.45) is -3.69. The quantitative estimate of drug-likeness (QED) is 0.773. The summed E-state index contributed by atoms with van der Waals surface area (Å²) in [5.41, 5.74) is 7.00. The third kappa shape index (κ3) is 2.98. The Balaban J connectivity index is 1.96. The van der Waals surface area contributed by atoms with Gasteiger partial charge in [-0.1, -0.05) is 6.07 Å². The molecule has 0 amide bonds. The van der Waals surface area contributed by atoms with Crippen molar-refractivity contribution in [3.05, 3.63) is 47.4 Å². The molecule has 0 saturated heterocycles. The Hall–Kier alpha value is -2.61. The number of rotatable bonds is 3. The lowest BCUT2D eigenvalue weighted by Crippen LogP contribution is -2.05. The van der Waals surface area contributed by atoms with Crippen LogP contribution in [0.25, 0.3) is 11.0 Å². The molecule has 1 aromatic carbocycles. The van der Waals surface area contributed by atoms with Crippen LogP contribution in [0.1, 0.15) is 17.0 Å². The van der Waals surface area contributed by atoms with E-state index < -0.39 is 11.7 Å². The maximum Gasteiger partial charge on any atom is 0.417 e. The molecule has 2 heterocycles. The lowest BCUT2D eigenvalue weighted by molar-refractivity contribution is -0.137. The number of hydrogen-bond acceptors (Lipinski definition) is 4. The van der Waals surface area contributed by atoms with Gasteiger partial charge in [-0.05, 0) is 24.6 Å². The zero-order chi connectivity index (χ0) is 16.6. The maximum absolute atomic E-state index is 12.5. The standard InChI is InChI=1S/C15H13F3N4O/c1-8-21-13-9(6-19)2-4-11(14(13)22-8)23-12-5-3-10(7-20-12)15(16,17)18/h2-5,7H,6,19H2,1H3,(H,21,22). The smallest absolute Gasteiger partial charge is 0.417 e. The van der Waals surface area contributed by atoms with Crippen LogP contribution in [-0.4, -0.2) is 15.0 Å². The first kappa shape index (κ1) is 15.3. The second-order valence-electron chi connectivity index (χ2n) is 4.96. The van der Waals surface area contributed by atoms with Crippen LogP contribution in [0.3, 0.4) is 0 Å². The number of aromatic nitrogens is 3. The third-order valence-corrected chi connectivity index (χ3v) is 3.31. The largest absolute Gasteiger partial charge is 0.437 e. The van der Waals surface area contributed by atoms with E-state index in [2.05, 4.69) is 15.0 Å². The lowest BCUT2D eigenvalue weighted by atomic mass is 10.1. The fourth-order valence-electron chi connectivity index (χ4n) is 2.21. The van der Waals surface area contributed by atoms with Crippen molar-refractivity contribution in [2.24, 2.45) is 5.73 Å². The summed E-state index contributed by atoms with van der Waals surface area (Å²) in [6, 6.07) is 5.55. The first-order valence-corrected chi connectivity index (χ1v) is 6.78. The molecule has 0 aliphatic carbocycles. The van der Waals surface area contributed by atoms with Crippen LogP contribution in [-0.2, 0) is 12.7 Å². The number of imidazole rings is 1. The summed E-state index contributed by atoms with van der Waals surface area (Å²) in [7, 11) is 0. The summed E-state index contributed by atoms with van der Waals surface area (Å²) in [5.74, 6) is 1.17. The first-order chi connectivity index (χ1) is 10.9. The normalized spacial score (nSPS) is 11.9. The molecule has 23 heavy (non-hydrogen) atoms. The minimum absolute atomic E-state index is 0.0621. The van der Waals surface area contributed by atoms with Crippen molar-refractivity contribution < 1.29 is 17.9 Å². The SMILES string of the molecule is Cc1nc2c(CN)ccc(Oc3ccc(C(F)(F)F)cn3)c2[nH]1. The molecule has 0 atom stereocenters. The number of hydrogen-bond donors (Lipinski definition) is 2. The van der Waals surface area contributed by atoms with Gasteiger partial charge in [-0.25, -0.2) is 9.97 Å². The highest BCUT2D eigenvalue weighted by molar-refractivity contribution is 5.85. The molecule has 0 radical (unpaired) electrons. The molecule has 0 fully saturated rings. The highest BCUT2D eigenvalue weighted by Crippen LogP contribution is 2.32. The van der Waals surface area contributed by atoms with E-state index >= 15 is 0 Å². The average molecular weight is 322 g/mol. The highest BCUT2D eigenvalue weighted by Gasteiger charge is 2.30. The Morgan fingerprint density at radius 1 is 1.22 bits per heavy atom. The molecule has 120 valence electrons. The fraction of sp³-hybridized carbons (Fsp3) is 0.200. The van der Waals surface area contributed by atoms with Crippen molar-refractivity contribution >= 4 is 11.0 Å². The first-order valence-electron chi connectivity index (χ1n) is 6.78. The monoisotopic (exact) mass is 322 g/mol. The van der Waals surface area contributed by atoms with E-state index in [0.29, 0.717) is 29.2 Å². The van der Waals surface area contributed by atoms with Crippen LogP contribution in [0.15, 0.2) is 30.5 Å². The van der Waals surface area contributed by atoms with Gasteiger partial charge in [0.2, 0.25) is 5.88 Å². The molecule has 0 bridgehead atoms. The van der Waals surface area contributed by atoms with Crippen molar-refractivity contribution in [3.8, 4) is 11.6 Å². The molecule has 8 heteroatoms. The Morgan fingerprint density at radius 3 is 2.61 bits per heavy atom. The number of nitrogens with one attached hydrogen (secondary N) is 1. The van der Waals surface area contributed by atoms with Gasteiger partial charge in [0.25, 0.3) is 0 Å². The minimum Gasteiger partial charge on any atom is -0.437 e. The molecule has 2 aromatic heterocycles. The maximum atomic E-state index is 12.5. The van der Waals surface area contributed by atoms with Gasteiger partial charge in [0, 0.05) is 18.8 Å². The Bertz CT molecular complexity index is 840. The van der Waals surface area contributed by atoms with Gasteiger partial charge in [0.15, 0.2) is 5.75 Å². The van der Waals surface area contributed by atoms with Gasteiger partial charge in [-0.3, -0.25) is 0 Å². The van der Waals surface area contributed by atoms with Crippen LogP contribution in [0, 0.1) is 6.92 Å². The number of fused-ring (bicyclic) bond motifs is 1. The fourth-order valence-corrected chi connectivity index (χ4v) is 2.21. The van der Waals surface area contributed by atoms with Crippen LogP contribution in [0.2, 0.25) is 0 Å². The summed E-state index contributed by atoms with van der Waals surface area (Å²) in [6.45, 7) is 2.11. The van der Waals surface area contributed by atoms with Crippen molar-refractivity contribution in [2.45, 2.75) is 19.6 Å². The Kier molecular flexibility index (Phi) is 3.69. The van der Waals surface area contributed by atoms with E-state index in [1.54, 1.807) is 19.1 Å². The molecule has 0 saturated carbocycles. The van der Waals surface area contributed by atoms with Crippen LogP contribution in [0.4, 0.5) is 13.2 Å². The van der Waals surface area contributed by atoms with Crippen molar-refractivity contribution in [1.82, 2.24) is 15.0 Å². The molecule has 0 spiro atoms. The van der Waals surface area contributed by atoms with E-state index in [4.69, 9.17) is 10.5 Å². The van der Waals surface area contributed by atoms with E-state index in [1.165, 1.54) is 6.07 Å². The van der Waals surface area contributed by atoms with Gasteiger partial charge in [0.05, 0.1) is 11.1 Å². The second-order valence-corrected chi connectivity index (χ2v) is 4.96. The molecule has 0 aliphatic rings. The number of H-pyrrole nitrogens is 1. The van der Waals surface area contributed by atoms with Crippen molar-refractivity contribution in [3.63, 3.8) is 0 Å². The number of alkyl halides is 3. The number of halogens is 3. The van der Waals surface area contributed by atoms with Gasteiger partial charge in [0.1, 0.15) is 11.3 Å². The molecular formula is C15H13F3N4O. The average Bonchev–Trinajstić information content (AvgIpc) is 2.89. The van der Waals surface area contributed by atoms with E-state index in [-0.39, 0.29) is 5.88 Å². The summed E-state index contributed by atoms with van der Waals surface area (Å²) >= 11 is 0. The van der Waals surface area contributed by atoms with Crippen LogP contribution >= 0.6 is 0 Å². The summed E-state index contributed by atoms with van der Waals surface area (Å²) < 4.78 is 43.2. The Labute approximate surface area is 129 Å². The molecule has 0 aliphatic heterocycles. The molecule has 0 unspecified atom stereocenters. The van der Waals surface area contributed by atoms with E-state index in [9.17, 15) is 13.2 Å². The number of nitrogens with zero attached hydrogens (tertiary/aromatic N) is 2. The number of nitrogens with two attached hydrogens (primary N) is 1. The van der Waals surface area contributed by atoms with Gasteiger partial charge < -0.3 is 15.5 Å². The predicted molar refractivity (Wildman–Crippen MR) is 78.0 cm³/mol. The third-order valence-electron chi connectivity index (χ3n) is 3.31. The van der Waals surface area contributed by atoms with Crippen molar-refractivity contribution in [1.29, 1.82) is 0 Å². The number of aromatic amines is 1. The number of aryl methyl sites for hydroxylation is 1. The molecule has 3 rings (SSSR count). The molecule has 3 aromatic rings. The van der Waals surface area contributed by atoms with Crippen LogP contribution in [0.5, 0.6) is 11.6 Å². The van der Waals surface area contributed by atoms with E-state index in [1.807, 2.05) is 0 Å². The molecule has 3 N–H and O–H groups in total. The van der Waals surface area contributed by atoms with Crippen molar-refractivity contribution in [2.75, 3.05) is 0 Å².